The highest BCUT2D eigenvalue weighted by atomic mass is 16.3. The van der Waals surface area contributed by atoms with Gasteiger partial charge in [-0.05, 0) is 61.6 Å². The van der Waals surface area contributed by atoms with Crippen molar-refractivity contribution in [1.82, 2.24) is 0 Å². The van der Waals surface area contributed by atoms with Crippen LogP contribution in [0.1, 0.15) is 48.3 Å². The smallest absolute Gasteiger partial charge is 0.119 e. The van der Waals surface area contributed by atoms with E-state index in [1.165, 1.54) is 55.2 Å². The fourth-order valence-electron chi connectivity index (χ4n) is 2.67. The van der Waals surface area contributed by atoms with E-state index in [1.807, 2.05) is 6.07 Å². The first-order chi connectivity index (χ1) is 6.86. The maximum absolute atomic E-state index is 9.88. The van der Waals surface area contributed by atoms with Crippen LogP contribution >= 0.6 is 0 Å². The molecule has 0 unspecified atom stereocenters. The molecule has 2 aliphatic rings. The van der Waals surface area contributed by atoms with Crippen LogP contribution in [0.3, 0.4) is 0 Å². The Morgan fingerprint density at radius 1 is 1.07 bits per heavy atom. The SMILES string of the molecule is Oc1ccc2c(c1C1CC1)CCCC2. The highest BCUT2D eigenvalue weighted by Crippen LogP contribution is 2.47. The van der Waals surface area contributed by atoms with Crippen molar-refractivity contribution < 1.29 is 5.11 Å². The molecule has 1 nitrogen and oxygen atoms in total. The van der Waals surface area contributed by atoms with Gasteiger partial charge in [0.1, 0.15) is 5.75 Å². The monoisotopic (exact) mass is 188 g/mol. The first-order valence-electron chi connectivity index (χ1n) is 5.70. The maximum Gasteiger partial charge on any atom is 0.119 e. The molecule has 0 radical (unpaired) electrons. The highest BCUT2D eigenvalue weighted by Gasteiger charge is 2.30. The van der Waals surface area contributed by atoms with E-state index in [9.17, 15) is 5.11 Å². The van der Waals surface area contributed by atoms with Gasteiger partial charge in [-0.1, -0.05) is 6.07 Å². The van der Waals surface area contributed by atoms with Crippen molar-refractivity contribution in [2.45, 2.75) is 44.4 Å². The predicted octanol–water partition coefficient (Wildman–Crippen LogP) is 3.15. The zero-order chi connectivity index (χ0) is 9.54. The van der Waals surface area contributed by atoms with Crippen molar-refractivity contribution in [3.63, 3.8) is 0 Å². The van der Waals surface area contributed by atoms with Gasteiger partial charge in [-0.15, -0.1) is 0 Å². The van der Waals surface area contributed by atoms with Crippen LogP contribution in [0, 0.1) is 0 Å². The van der Waals surface area contributed by atoms with E-state index in [-0.39, 0.29) is 0 Å². The summed E-state index contributed by atoms with van der Waals surface area (Å²) in [6.07, 6.45) is 7.59. The van der Waals surface area contributed by atoms with Gasteiger partial charge in [0.2, 0.25) is 0 Å². The maximum atomic E-state index is 9.88. The molecule has 1 aromatic rings. The van der Waals surface area contributed by atoms with E-state index in [1.54, 1.807) is 0 Å². The van der Waals surface area contributed by atoms with E-state index >= 15 is 0 Å². The van der Waals surface area contributed by atoms with E-state index < -0.39 is 0 Å². The zero-order valence-electron chi connectivity index (χ0n) is 8.42. The summed E-state index contributed by atoms with van der Waals surface area (Å²) in [6.45, 7) is 0. The van der Waals surface area contributed by atoms with Gasteiger partial charge in [-0.25, -0.2) is 0 Å². The second-order valence-electron chi connectivity index (χ2n) is 4.62. The minimum Gasteiger partial charge on any atom is -0.508 e. The quantitative estimate of drug-likeness (QED) is 0.717. The molecular weight excluding hydrogens is 172 g/mol. The van der Waals surface area contributed by atoms with Gasteiger partial charge in [0.15, 0.2) is 0 Å². The van der Waals surface area contributed by atoms with Crippen LogP contribution < -0.4 is 0 Å². The molecule has 1 heteroatoms. The summed E-state index contributed by atoms with van der Waals surface area (Å²) in [5.74, 6) is 1.23. The molecule has 1 N–H and O–H groups in total. The number of aromatic hydroxyl groups is 1. The Morgan fingerprint density at radius 3 is 2.64 bits per heavy atom. The molecule has 1 saturated carbocycles. The average molecular weight is 188 g/mol. The number of phenols is 1. The summed E-state index contributed by atoms with van der Waals surface area (Å²) in [5, 5.41) is 9.88. The van der Waals surface area contributed by atoms with Crippen molar-refractivity contribution in [3.05, 3.63) is 28.8 Å². The minimum absolute atomic E-state index is 0.549. The molecule has 3 rings (SSSR count). The Kier molecular flexibility index (Phi) is 1.79. The fourth-order valence-corrected chi connectivity index (χ4v) is 2.67. The molecular formula is C13H16O. The lowest BCUT2D eigenvalue weighted by atomic mass is 9.86. The molecule has 0 saturated heterocycles. The Labute approximate surface area is 84.8 Å². The Hall–Kier alpha value is -0.980. The largest absolute Gasteiger partial charge is 0.508 e. The van der Waals surface area contributed by atoms with E-state index in [0.717, 1.165) is 0 Å². The van der Waals surface area contributed by atoms with Gasteiger partial charge in [0, 0.05) is 5.56 Å². The molecule has 1 fully saturated rings. The Balaban J connectivity index is 2.14. The van der Waals surface area contributed by atoms with Crippen LogP contribution in [-0.2, 0) is 12.8 Å². The third kappa shape index (κ3) is 1.23. The first kappa shape index (κ1) is 8.34. The average Bonchev–Trinajstić information content (AvgIpc) is 3.01. The Bertz CT molecular complexity index is 364. The Morgan fingerprint density at radius 2 is 1.86 bits per heavy atom. The third-order valence-electron chi connectivity index (χ3n) is 3.54. The number of hydrogen-bond acceptors (Lipinski definition) is 1. The number of hydrogen-bond donors (Lipinski definition) is 1. The molecule has 0 heterocycles. The predicted molar refractivity (Wildman–Crippen MR) is 56.7 cm³/mol. The topological polar surface area (TPSA) is 20.2 Å². The lowest BCUT2D eigenvalue weighted by Crippen LogP contribution is -2.05. The summed E-state index contributed by atoms with van der Waals surface area (Å²) in [4.78, 5) is 0. The van der Waals surface area contributed by atoms with E-state index in [0.29, 0.717) is 11.7 Å². The van der Waals surface area contributed by atoms with Crippen LogP contribution in [0.2, 0.25) is 0 Å². The van der Waals surface area contributed by atoms with Gasteiger partial charge in [0.25, 0.3) is 0 Å². The van der Waals surface area contributed by atoms with Crippen molar-refractivity contribution in [3.8, 4) is 5.75 Å². The molecule has 0 bridgehead atoms. The molecule has 0 aromatic heterocycles. The van der Waals surface area contributed by atoms with Gasteiger partial charge < -0.3 is 5.11 Å². The lowest BCUT2D eigenvalue weighted by Gasteiger charge is -2.20. The number of benzene rings is 1. The molecule has 0 aliphatic heterocycles. The van der Waals surface area contributed by atoms with Crippen molar-refractivity contribution in [1.29, 1.82) is 0 Å². The normalized spacial score (nSPS) is 20.6. The van der Waals surface area contributed by atoms with Crippen LogP contribution in [0.15, 0.2) is 12.1 Å². The van der Waals surface area contributed by atoms with Crippen molar-refractivity contribution in [2.75, 3.05) is 0 Å². The fraction of sp³-hybridized carbons (Fsp3) is 0.538. The second kappa shape index (κ2) is 3.01. The summed E-state index contributed by atoms with van der Waals surface area (Å²) in [7, 11) is 0. The summed E-state index contributed by atoms with van der Waals surface area (Å²) >= 11 is 0. The van der Waals surface area contributed by atoms with Crippen molar-refractivity contribution >= 4 is 0 Å². The van der Waals surface area contributed by atoms with Crippen LogP contribution in [-0.4, -0.2) is 5.11 Å². The molecule has 0 amide bonds. The van der Waals surface area contributed by atoms with Crippen LogP contribution in [0.25, 0.3) is 0 Å². The molecule has 14 heavy (non-hydrogen) atoms. The number of fused-ring (bicyclic) bond motifs is 1. The van der Waals surface area contributed by atoms with Crippen LogP contribution in [0.4, 0.5) is 0 Å². The molecule has 0 spiro atoms. The zero-order valence-corrected chi connectivity index (χ0v) is 8.42. The highest BCUT2D eigenvalue weighted by molar-refractivity contribution is 5.49. The number of rotatable bonds is 1. The summed E-state index contributed by atoms with van der Waals surface area (Å²) in [5.41, 5.74) is 4.27. The number of phenolic OH excluding ortho intramolecular Hbond substituents is 1. The molecule has 1 aromatic carbocycles. The number of aryl methyl sites for hydroxylation is 1. The molecule has 74 valence electrons. The van der Waals surface area contributed by atoms with E-state index in [4.69, 9.17) is 0 Å². The standard InChI is InChI=1S/C13H16O/c14-12-8-7-9-3-1-2-4-11(9)13(12)10-5-6-10/h7-8,10,14H,1-6H2. The van der Waals surface area contributed by atoms with Gasteiger partial charge >= 0.3 is 0 Å². The van der Waals surface area contributed by atoms with Crippen molar-refractivity contribution in [2.24, 2.45) is 0 Å². The van der Waals surface area contributed by atoms with Crippen LogP contribution in [0.5, 0.6) is 5.75 Å². The lowest BCUT2D eigenvalue weighted by molar-refractivity contribution is 0.465. The molecule has 0 atom stereocenters. The van der Waals surface area contributed by atoms with Gasteiger partial charge in [0.05, 0.1) is 0 Å². The minimum atomic E-state index is 0.549. The first-order valence-corrected chi connectivity index (χ1v) is 5.70. The molecule has 2 aliphatic carbocycles. The summed E-state index contributed by atoms with van der Waals surface area (Å²) in [6, 6.07) is 4.02. The summed E-state index contributed by atoms with van der Waals surface area (Å²) < 4.78 is 0. The second-order valence-corrected chi connectivity index (χ2v) is 4.62. The third-order valence-corrected chi connectivity index (χ3v) is 3.54. The van der Waals surface area contributed by atoms with Gasteiger partial charge in [-0.2, -0.15) is 0 Å². The van der Waals surface area contributed by atoms with E-state index in [2.05, 4.69) is 6.07 Å². The van der Waals surface area contributed by atoms with Gasteiger partial charge in [-0.3, -0.25) is 0 Å².